The van der Waals surface area contributed by atoms with Crippen molar-refractivity contribution in [3.8, 4) is 5.75 Å². The molecular weight excluding hydrogens is 334 g/mol. The molecule has 1 aromatic heterocycles. The number of carbonyl (C=O) groups is 1. The fraction of sp³-hybridized carbons (Fsp3) is 0.526. The van der Waals surface area contributed by atoms with Crippen LogP contribution in [0.3, 0.4) is 0 Å². The first kappa shape index (κ1) is 17.0. The molecule has 1 aromatic carbocycles. The Morgan fingerprint density at radius 2 is 1.92 bits per heavy atom. The first-order valence-electron chi connectivity index (χ1n) is 9.09. The Morgan fingerprint density at radius 3 is 2.58 bits per heavy atom. The van der Waals surface area contributed by atoms with Gasteiger partial charge in [0.25, 0.3) is 5.91 Å². The van der Waals surface area contributed by atoms with Crippen LogP contribution in [0.15, 0.2) is 28.8 Å². The van der Waals surface area contributed by atoms with Crippen LogP contribution < -0.4 is 4.74 Å². The van der Waals surface area contributed by atoms with Crippen LogP contribution in [-0.4, -0.2) is 54.4 Å². The number of hydrogen-bond donors (Lipinski definition) is 0. The molecular formula is C19H23N3O4. The lowest BCUT2D eigenvalue weighted by atomic mass is 9.96. The van der Waals surface area contributed by atoms with E-state index in [1.165, 1.54) is 0 Å². The number of carbonyl (C=O) groups excluding carboxylic acids is 1. The summed E-state index contributed by atoms with van der Waals surface area (Å²) in [5.74, 6) is 2.74. The molecule has 2 saturated heterocycles. The van der Waals surface area contributed by atoms with E-state index < -0.39 is 0 Å². The third-order valence-electron chi connectivity index (χ3n) is 5.22. The summed E-state index contributed by atoms with van der Waals surface area (Å²) in [5.41, 5.74) is 0.686. The standard InChI is InChI=1S/C19H23N3O4/c1-24-16-4-2-14(3-5-16)19(23)22-9-6-13(7-10-22)18-20-17(21-26-18)15-8-11-25-12-15/h2-5,13,15H,6-12H2,1H3/t15-/m0/s1. The van der Waals surface area contributed by atoms with Crippen LogP contribution in [0.4, 0.5) is 0 Å². The highest BCUT2D eigenvalue weighted by molar-refractivity contribution is 5.94. The maximum atomic E-state index is 12.6. The zero-order valence-corrected chi connectivity index (χ0v) is 14.9. The van der Waals surface area contributed by atoms with Gasteiger partial charge in [0, 0.05) is 37.1 Å². The van der Waals surface area contributed by atoms with Gasteiger partial charge in [-0.05, 0) is 43.5 Å². The predicted octanol–water partition coefficient (Wildman–Crippen LogP) is 2.60. The average molecular weight is 357 g/mol. The Labute approximate surface area is 152 Å². The Hall–Kier alpha value is -2.41. The van der Waals surface area contributed by atoms with Crippen molar-refractivity contribution in [3.05, 3.63) is 41.5 Å². The van der Waals surface area contributed by atoms with Crippen molar-refractivity contribution in [2.24, 2.45) is 0 Å². The van der Waals surface area contributed by atoms with Gasteiger partial charge in [-0.15, -0.1) is 0 Å². The summed E-state index contributed by atoms with van der Waals surface area (Å²) in [4.78, 5) is 19.1. The molecule has 0 saturated carbocycles. The molecule has 3 heterocycles. The number of hydrogen-bond acceptors (Lipinski definition) is 6. The van der Waals surface area contributed by atoms with E-state index in [0.717, 1.165) is 37.4 Å². The number of methoxy groups -OCH3 is 1. The van der Waals surface area contributed by atoms with Crippen LogP contribution >= 0.6 is 0 Å². The van der Waals surface area contributed by atoms with E-state index in [2.05, 4.69) is 10.1 Å². The highest BCUT2D eigenvalue weighted by atomic mass is 16.5. The minimum Gasteiger partial charge on any atom is -0.497 e. The summed E-state index contributed by atoms with van der Waals surface area (Å²) in [7, 11) is 1.62. The molecule has 4 rings (SSSR count). The van der Waals surface area contributed by atoms with Gasteiger partial charge in [-0.3, -0.25) is 4.79 Å². The zero-order valence-electron chi connectivity index (χ0n) is 14.9. The number of benzene rings is 1. The van der Waals surface area contributed by atoms with E-state index in [4.69, 9.17) is 14.0 Å². The SMILES string of the molecule is COc1ccc(C(=O)N2CCC(c3nc([C@H]4CCOC4)no3)CC2)cc1. The van der Waals surface area contributed by atoms with Gasteiger partial charge in [0.15, 0.2) is 5.82 Å². The second kappa shape index (κ2) is 7.45. The largest absolute Gasteiger partial charge is 0.497 e. The molecule has 138 valence electrons. The normalized spacial score (nSPS) is 21.1. The number of piperidine rings is 1. The number of amides is 1. The summed E-state index contributed by atoms with van der Waals surface area (Å²) in [6, 6.07) is 7.24. The second-order valence-corrected chi connectivity index (χ2v) is 6.85. The summed E-state index contributed by atoms with van der Waals surface area (Å²) in [5, 5.41) is 4.13. The highest BCUT2D eigenvalue weighted by Crippen LogP contribution is 2.30. The van der Waals surface area contributed by atoms with Crippen molar-refractivity contribution >= 4 is 5.91 Å². The minimum atomic E-state index is 0.0559. The molecule has 0 radical (unpaired) electrons. The number of aromatic nitrogens is 2. The first-order valence-corrected chi connectivity index (χ1v) is 9.09. The molecule has 2 aliphatic heterocycles. The van der Waals surface area contributed by atoms with Crippen LogP contribution in [0.2, 0.25) is 0 Å². The molecule has 1 atom stereocenters. The number of nitrogens with zero attached hydrogens (tertiary/aromatic N) is 3. The van der Waals surface area contributed by atoms with Gasteiger partial charge in [0.1, 0.15) is 5.75 Å². The summed E-state index contributed by atoms with van der Waals surface area (Å²) in [6.07, 6.45) is 2.63. The van der Waals surface area contributed by atoms with Crippen LogP contribution in [0.25, 0.3) is 0 Å². The van der Waals surface area contributed by atoms with Crippen molar-refractivity contribution in [2.75, 3.05) is 33.4 Å². The molecule has 7 heteroatoms. The van der Waals surface area contributed by atoms with Gasteiger partial charge in [0.05, 0.1) is 13.7 Å². The van der Waals surface area contributed by atoms with Gasteiger partial charge in [0.2, 0.25) is 5.89 Å². The predicted molar refractivity (Wildman–Crippen MR) is 93.3 cm³/mol. The van der Waals surface area contributed by atoms with E-state index >= 15 is 0 Å². The van der Waals surface area contributed by atoms with E-state index in [1.54, 1.807) is 19.2 Å². The average Bonchev–Trinajstić information content (AvgIpc) is 3.39. The zero-order chi connectivity index (χ0) is 17.9. The summed E-state index contributed by atoms with van der Waals surface area (Å²) in [6.45, 7) is 2.83. The minimum absolute atomic E-state index is 0.0559. The van der Waals surface area contributed by atoms with Crippen LogP contribution in [0.5, 0.6) is 5.75 Å². The third-order valence-corrected chi connectivity index (χ3v) is 5.22. The van der Waals surface area contributed by atoms with E-state index in [0.29, 0.717) is 31.2 Å². The van der Waals surface area contributed by atoms with Gasteiger partial charge >= 0.3 is 0 Å². The molecule has 0 N–H and O–H groups in total. The molecule has 0 aliphatic carbocycles. The van der Waals surface area contributed by atoms with Crippen LogP contribution in [0.1, 0.15) is 53.2 Å². The Balaban J connectivity index is 1.35. The van der Waals surface area contributed by atoms with Gasteiger partial charge < -0.3 is 18.9 Å². The lowest BCUT2D eigenvalue weighted by Crippen LogP contribution is -2.38. The first-order chi connectivity index (χ1) is 12.7. The van der Waals surface area contributed by atoms with Crippen molar-refractivity contribution in [2.45, 2.75) is 31.1 Å². The molecule has 1 amide bonds. The number of ether oxygens (including phenoxy) is 2. The maximum Gasteiger partial charge on any atom is 0.253 e. The fourth-order valence-electron chi connectivity index (χ4n) is 3.56. The van der Waals surface area contributed by atoms with Gasteiger partial charge in [-0.1, -0.05) is 5.16 Å². The van der Waals surface area contributed by atoms with Crippen molar-refractivity contribution in [1.82, 2.24) is 15.0 Å². The topological polar surface area (TPSA) is 77.7 Å². The van der Waals surface area contributed by atoms with Gasteiger partial charge in [-0.2, -0.15) is 4.98 Å². The Kier molecular flexibility index (Phi) is 4.88. The van der Waals surface area contributed by atoms with Gasteiger partial charge in [-0.25, -0.2) is 0 Å². The summed E-state index contributed by atoms with van der Waals surface area (Å²) < 4.78 is 16.0. The van der Waals surface area contributed by atoms with E-state index in [1.807, 2.05) is 17.0 Å². The van der Waals surface area contributed by atoms with Crippen molar-refractivity contribution in [1.29, 1.82) is 0 Å². The molecule has 2 aliphatic rings. The molecule has 0 spiro atoms. The van der Waals surface area contributed by atoms with E-state index in [9.17, 15) is 4.79 Å². The van der Waals surface area contributed by atoms with Crippen LogP contribution in [-0.2, 0) is 4.74 Å². The monoisotopic (exact) mass is 357 g/mol. The lowest BCUT2D eigenvalue weighted by Gasteiger charge is -2.30. The molecule has 0 unspecified atom stereocenters. The maximum absolute atomic E-state index is 12.6. The number of likely N-dealkylation sites (tertiary alicyclic amines) is 1. The van der Waals surface area contributed by atoms with Crippen LogP contribution in [0, 0.1) is 0 Å². The molecule has 26 heavy (non-hydrogen) atoms. The smallest absolute Gasteiger partial charge is 0.253 e. The highest BCUT2D eigenvalue weighted by Gasteiger charge is 2.30. The fourth-order valence-corrected chi connectivity index (χ4v) is 3.56. The van der Waals surface area contributed by atoms with Crippen molar-refractivity contribution in [3.63, 3.8) is 0 Å². The van der Waals surface area contributed by atoms with Crippen molar-refractivity contribution < 1.29 is 18.8 Å². The quantitative estimate of drug-likeness (QED) is 0.837. The molecule has 2 aromatic rings. The molecule has 7 nitrogen and oxygen atoms in total. The number of rotatable bonds is 4. The van der Waals surface area contributed by atoms with E-state index in [-0.39, 0.29) is 17.7 Å². The molecule has 0 bridgehead atoms. The molecule has 2 fully saturated rings. The second-order valence-electron chi connectivity index (χ2n) is 6.85. The summed E-state index contributed by atoms with van der Waals surface area (Å²) >= 11 is 0. The third kappa shape index (κ3) is 3.44. The lowest BCUT2D eigenvalue weighted by molar-refractivity contribution is 0.0704. The Morgan fingerprint density at radius 1 is 1.15 bits per heavy atom. The Bertz CT molecular complexity index is 744.